The van der Waals surface area contributed by atoms with Crippen molar-refractivity contribution in [3.05, 3.63) is 102 Å². The molecule has 3 aromatic heterocycles. The van der Waals surface area contributed by atoms with Gasteiger partial charge in [-0.1, -0.05) is 42.5 Å². The van der Waals surface area contributed by atoms with Gasteiger partial charge in [0, 0.05) is 17.6 Å². The average molecular weight is 491 g/mol. The predicted molar refractivity (Wildman–Crippen MR) is 141 cm³/mol. The number of halogens is 1. The van der Waals surface area contributed by atoms with E-state index in [2.05, 4.69) is 34.2 Å². The van der Waals surface area contributed by atoms with Gasteiger partial charge in [-0.15, -0.1) is 0 Å². The van der Waals surface area contributed by atoms with Crippen molar-refractivity contribution in [1.29, 1.82) is 0 Å². The molecular formula is C29H23FN6O. The molecule has 0 bridgehead atoms. The van der Waals surface area contributed by atoms with E-state index < -0.39 is 5.82 Å². The van der Waals surface area contributed by atoms with Crippen LogP contribution in [0.2, 0.25) is 0 Å². The van der Waals surface area contributed by atoms with Crippen molar-refractivity contribution >= 4 is 27.8 Å². The summed E-state index contributed by atoms with van der Waals surface area (Å²) < 4.78 is 24.8. The number of ether oxygens (including phenoxy) is 1. The summed E-state index contributed by atoms with van der Waals surface area (Å²) in [4.78, 5) is 8.80. The van der Waals surface area contributed by atoms with Crippen molar-refractivity contribution < 1.29 is 9.13 Å². The van der Waals surface area contributed by atoms with E-state index in [-0.39, 0.29) is 11.8 Å². The van der Waals surface area contributed by atoms with Crippen molar-refractivity contribution in [2.24, 2.45) is 0 Å². The molecule has 7 rings (SSSR count). The van der Waals surface area contributed by atoms with Crippen LogP contribution in [0.25, 0.3) is 27.8 Å². The molecule has 1 aliphatic carbocycles. The summed E-state index contributed by atoms with van der Waals surface area (Å²) in [5, 5.41) is 6.48. The molecule has 37 heavy (non-hydrogen) atoms. The van der Waals surface area contributed by atoms with Crippen LogP contribution in [-0.2, 0) is 12.8 Å². The first-order valence-corrected chi connectivity index (χ1v) is 12.2. The maximum atomic E-state index is 15.2. The Morgan fingerprint density at radius 1 is 0.946 bits per heavy atom. The van der Waals surface area contributed by atoms with Gasteiger partial charge in [0.25, 0.3) is 0 Å². The number of anilines is 1. The SMILES string of the molecule is Nc1ncnc2c1c(-n1ccc3cc(Oc4ccccc4)c(F)cc31)nn2C1CCc2ccccc2C1. The molecule has 0 saturated heterocycles. The summed E-state index contributed by atoms with van der Waals surface area (Å²) in [5.41, 5.74) is 10.4. The third kappa shape index (κ3) is 3.60. The summed E-state index contributed by atoms with van der Waals surface area (Å²) in [5.74, 6) is 1.19. The van der Waals surface area contributed by atoms with Crippen LogP contribution in [0.3, 0.4) is 0 Å². The molecule has 0 spiro atoms. The van der Waals surface area contributed by atoms with Gasteiger partial charge in [0.05, 0.1) is 11.6 Å². The molecule has 0 saturated carbocycles. The average Bonchev–Trinajstić information content (AvgIpc) is 3.51. The number of aryl methyl sites for hydroxylation is 1. The van der Waals surface area contributed by atoms with Gasteiger partial charge in [0.2, 0.25) is 0 Å². The van der Waals surface area contributed by atoms with E-state index in [0.29, 0.717) is 33.9 Å². The number of nitrogen functional groups attached to an aromatic ring is 1. The molecule has 1 atom stereocenters. The largest absolute Gasteiger partial charge is 0.454 e. The molecule has 2 N–H and O–H groups in total. The molecule has 0 amide bonds. The van der Waals surface area contributed by atoms with E-state index in [4.69, 9.17) is 15.6 Å². The van der Waals surface area contributed by atoms with Crippen molar-refractivity contribution in [3.8, 4) is 17.3 Å². The Morgan fingerprint density at radius 3 is 2.62 bits per heavy atom. The molecule has 7 nitrogen and oxygen atoms in total. The number of para-hydroxylation sites is 1. The van der Waals surface area contributed by atoms with Gasteiger partial charge in [0.15, 0.2) is 23.0 Å². The lowest BCUT2D eigenvalue weighted by Crippen LogP contribution is -2.20. The molecule has 0 radical (unpaired) electrons. The Hall–Kier alpha value is -4.72. The Morgan fingerprint density at radius 2 is 1.76 bits per heavy atom. The molecule has 6 aromatic rings. The van der Waals surface area contributed by atoms with Crippen LogP contribution in [0.1, 0.15) is 23.6 Å². The first kappa shape index (κ1) is 21.6. The first-order chi connectivity index (χ1) is 18.2. The van der Waals surface area contributed by atoms with Crippen molar-refractivity contribution in [1.82, 2.24) is 24.3 Å². The number of nitrogens with zero attached hydrogens (tertiary/aromatic N) is 5. The van der Waals surface area contributed by atoms with Crippen molar-refractivity contribution in [3.63, 3.8) is 0 Å². The van der Waals surface area contributed by atoms with Gasteiger partial charge in [0.1, 0.15) is 23.3 Å². The predicted octanol–water partition coefficient (Wildman–Crippen LogP) is 6.01. The fraction of sp³-hybridized carbons (Fsp3) is 0.138. The minimum atomic E-state index is -0.465. The van der Waals surface area contributed by atoms with E-state index in [1.165, 1.54) is 23.5 Å². The molecule has 0 fully saturated rings. The number of benzene rings is 3. The van der Waals surface area contributed by atoms with Crippen molar-refractivity contribution in [2.45, 2.75) is 25.3 Å². The quantitative estimate of drug-likeness (QED) is 0.327. The van der Waals surface area contributed by atoms with Crippen LogP contribution >= 0.6 is 0 Å². The van der Waals surface area contributed by atoms with Crippen LogP contribution in [-0.4, -0.2) is 24.3 Å². The van der Waals surface area contributed by atoms with Crippen LogP contribution in [0, 0.1) is 5.82 Å². The Bertz CT molecular complexity index is 1770. The van der Waals surface area contributed by atoms with Gasteiger partial charge in [-0.2, -0.15) is 5.10 Å². The zero-order valence-corrected chi connectivity index (χ0v) is 19.9. The molecule has 1 unspecified atom stereocenters. The van der Waals surface area contributed by atoms with Gasteiger partial charge in [-0.25, -0.2) is 19.0 Å². The lowest BCUT2D eigenvalue weighted by Gasteiger charge is -2.25. The second-order valence-electron chi connectivity index (χ2n) is 9.33. The highest BCUT2D eigenvalue weighted by Crippen LogP contribution is 2.36. The topological polar surface area (TPSA) is 83.8 Å². The van der Waals surface area contributed by atoms with Crippen LogP contribution in [0.4, 0.5) is 10.2 Å². The molecule has 3 heterocycles. The third-order valence-corrected chi connectivity index (χ3v) is 7.11. The number of aromatic nitrogens is 5. The Balaban J connectivity index is 1.34. The number of hydrogen-bond donors (Lipinski definition) is 1. The van der Waals surface area contributed by atoms with E-state index in [0.717, 1.165) is 24.6 Å². The van der Waals surface area contributed by atoms with Crippen LogP contribution in [0.5, 0.6) is 11.5 Å². The minimum absolute atomic E-state index is 0.130. The molecular weight excluding hydrogens is 467 g/mol. The van der Waals surface area contributed by atoms with Crippen LogP contribution < -0.4 is 10.5 Å². The molecule has 0 aliphatic heterocycles. The second-order valence-corrected chi connectivity index (χ2v) is 9.33. The highest BCUT2D eigenvalue weighted by atomic mass is 19.1. The highest BCUT2D eigenvalue weighted by Gasteiger charge is 2.26. The fourth-order valence-electron chi connectivity index (χ4n) is 5.30. The van der Waals surface area contributed by atoms with Gasteiger partial charge in [-0.3, -0.25) is 4.57 Å². The second kappa shape index (κ2) is 8.44. The third-order valence-electron chi connectivity index (χ3n) is 7.11. The van der Waals surface area contributed by atoms with E-state index in [1.54, 1.807) is 18.2 Å². The van der Waals surface area contributed by atoms with Gasteiger partial charge in [-0.05, 0) is 54.7 Å². The van der Waals surface area contributed by atoms with E-state index in [1.807, 2.05) is 39.7 Å². The maximum Gasteiger partial charge on any atom is 0.172 e. The summed E-state index contributed by atoms with van der Waals surface area (Å²) in [6, 6.07) is 22.9. The Labute approximate surface area is 212 Å². The lowest BCUT2D eigenvalue weighted by atomic mass is 9.88. The lowest BCUT2D eigenvalue weighted by molar-refractivity contribution is 0.413. The molecule has 8 heteroatoms. The van der Waals surface area contributed by atoms with Gasteiger partial charge < -0.3 is 10.5 Å². The molecule has 3 aromatic carbocycles. The summed E-state index contributed by atoms with van der Waals surface area (Å²) in [6.45, 7) is 0. The summed E-state index contributed by atoms with van der Waals surface area (Å²) in [6.07, 6.45) is 6.11. The maximum absolute atomic E-state index is 15.2. The molecule has 1 aliphatic rings. The first-order valence-electron chi connectivity index (χ1n) is 12.2. The number of fused-ring (bicyclic) bond motifs is 3. The smallest absolute Gasteiger partial charge is 0.172 e. The van der Waals surface area contributed by atoms with E-state index >= 15 is 4.39 Å². The normalized spacial score (nSPS) is 15.2. The number of hydrogen-bond acceptors (Lipinski definition) is 5. The van der Waals surface area contributed by atoms with E-state index in [9.17, 15) is 0 Å². The number of rotatable bonds is 4. The van der Waals surface area contributed by atoms with Crippen molar-refractivity contribution in [2.75, 3.05) is 5.73 Å². The highest BCUT2D eigenvalue weighted by molar-refractivity contribution is 5.95. The fourth-order valence-corrected chi connectivity index (χ4v) is 5.30. The van der Waals surface area contributed by atoms with Gasteiger partial charge >= 0.3 is 0 Å². The zero-order chi connectivity index (χ0) is 24.9. The summed E-state index contributed by atoms with van der Waals surface area (Å²) in [7, 11) is 0. The van der Waals surface area contributed by atoms with Crippen LogP contribution in [0.15, 0.2) is 85.3 Å². The summed E-state index contributed by atoms with van der Waals surface area (Å²) >= 11 is 0. The standard InChI is InChI=1S/C29H23FN6O/c30-23-16-24-20(15-25(23)37-22-8-2-1-3-9-22)12-13-35(24)29-26-27(31)32-17-33-28(26)36(34-29)21-11-10-18-6-4-5-7-19(18)14-21/h1-9,12-13,15-17,21H,10-11,14H2,(H2,31,32,33). The minimum Gasteiger partial charge on any atom is -0.454 e. The molecule has 182 valence electrons. The number of nitrogens with two attached hydrogens (primary N) is 1. The zero-order valence-electron chi connectivity index (χ0n) is 19.9. The Kier molecular flexibility index (Phi) is 4.92. The monoisotopic (exact) mass is 490 g/mol.